The van der Waals surface area contributed by atoms with Crippen molar-refractivity contribution in [1.29, 1.82) is 0 Å². The first kappa shape index (κ1) is 9.46. The summed E-state index contributed by atoms with van der Waals surface area (Å²) in [6.07, 6.45) is 0. The third kappa shape index (κ3) is 1.48. The van der Waals surface area contributed by atoms with E-state index in [9.17, 15) is 5.11 Å². The van der Waals surface area contributed by atoms with Gasteiger partial charge in [-0.2, -0.15) is 0 Å². The van der Waals surface area contributed by atoms with Crippen LogP contribution in [0.15, 0.2) is 17.6 Å². The summed E-state index contributed by atoms with van der Waals surface area (Å²) in [5, 5.41) is 9.56. The van der Waals surface area contributed by atoms with Crippen LogP contribution in [-0.4, -0.2) is 10.1 Å². The number of benzene rings is 1. The summed E-state index contributed by atoms with van der Waals surface area (Å²) in [6, 6.07) is 3.54. The van der Waals surface area contributed by atoms with Gasteiger partial charge in [0.15, 0.2) is 0 Å². The van der Waals surface area contributed by atoms with Gasteiger partial charge < -0.3 is 5.11 Å². The molecule has 3 heteroatoms. The largest absolute Gasteiger partial charge is 0.508 e. The molecule has 0 fully saturated rings. The van der Waals surface area contributed by atoms with E-state index in [1.54, 1.807) is 17.4 Å². The number of phenolic OH excluding ortho intramolecular Hbond substituents is 1. The molecule has 0 radical (unpaired) electrons. The summed E-state index contributed by atoms with van der Waals surface area (Å²) in [5.41, 5.74) is 3.91. The van der Waals surface area contributed by atoms with Crippen LogP contribution >= 0.6 is 11.3 Å². The summed E-state index contributed by atoms with van der Waals surface area (Å²) < 4.78 is 1.18. The maximum Gasteiger partial charge on any atom is 0.118 e. The van der Waals surface area contributed by atoms with Crippen LogP contribution in [0.3, 0.4) is 0 Å². The van der Waals surface area contributed by atoms with Crippen LogP contribution in [0.1, 0.15) is 26.3 Å². The predicted molar refractivity (Wildman–Crippen MR) is 60.0 cm³/mol. The van der Waals surface area contributed by atoms with Crippen molar-refractivity contribution in [3.63, 3.8) is 0 Å². The molecule has 0 amide bonds. The highest BCUT2D eigenvalue weighted by molar-refractivity contribution is 7.17. The summed E-state index contributed by atoms with van der Waals surface area (Å²) in [7, 11) is 0. The van der Waals surface area contributed by atoms with Crippen LogP contribution in [0.25, 0.3) is 10.2 Å². The Kier molecular flexibility index (Phi) is 2.00. The summed E-state index contributed by atoms with van der Waals surface area (Å²) >= 11 is 1.63. The van der Waals surface area contributed by atoms with Gasteiger partial charge >= 0.3 is 0 Å². The fourth-order valence-corrected chi connectivity index (χ4v) is 2.51. The lowest BCUT2D eigenvalue weighted by atomic mass is 9.87. The maximum atomic E-state index is 9.56. The highest BCUT2D eigenvalue weighted by Gasteiger charge is 2.19. The number of hydrogen-bond acceptors (Lipinski definition) is 3. The van der Waals surface area contributed by atoms with E-state index in [0.717, 1.165) is 11.1 Å². The molecule has 0 bridgehead atoms. The lowest BCUT2D eigenvalue weighted by Crippen LogP contribution is -2.10. The number of fused-ring (bicyclic) bond motifs is 1. The van der Waals surface area contributed by atoms with Gasteiger partial charge in [-0.3, -0.25) is 0 Å². The standard InChI is InChI=1S/C11H13NOS/c1-11(2,3)8-4-7(13)5-9-10(8)14-6-12-9/h4-6,13H,1-3H3. The molecule has 2 rings (SSSR count). The maximum absolute atomic E-state index is 9.56. The average molecular weight is 207 g/mol. The van der Waals surface area contributed by atoms with Gasteiger partial charge in [0.25, 0.3) is 0 Å². The smallest absolute Gasteiger partial charge is 0.118 e. The highest BCUT2D eigenvalue weighted by atomic mass is 32.1. The summed E-state index contributed by atoms with van der Waals surface area (Å²) in [4.78, 5) is 4.21. The van der Waals surface area contributed by atoms with Crippen LogP contribution in [0.2, 0.25) is 0 Å². The van der Waals surface area contributed by atoms with Gasteiger partial charge in [-0.15, -0.1) is 11.3 Å². The van der Waals surface area contributed by atoms with Crippen molar-refractivity contribution in [3.8, 4) is 5.75 Å². The van der Waals surface area contributed by atoms with Crippen molar-refractivity contribution < 1.29 is 5.11 Å². The molecule has 1 heterocycles. The molecule has 0 saturated carbocycles. The number of nitrogens with zero attached hydrogens (tertiary/aromatic N) is 1. The van der Waals surface area contributed by atoms with E-state index in [1.807, 2.05) is 11.6 Å². The molecule has 1 aromatic heterocycles. The van der Waals surface area contributed by atoms with E-state index in [0.29, 0.717) is 5.75 Å². The molecule has 0 aliphatic rings. The van der Waals surface area contributed by atoms with E-state index in [4.69, 9.17) is 0 Å². The molecule has 74 valence electrons. The van der Waals surface area contributed by atoms with E-state index < -0.39 is 0 Å². The van der Waals surface area contributed by atoms with Crippen molar-refractivity contribution in [3.05, 3.63) is 23.2 Å². The lowest BCUT2D eigenvalue weighted by molar-refractivity contribution is 0.472. The molecule has 0 unspecified atom stereocenters. The van der Waals surface area contributed by atoms with E-state index >= 15 is 0 Å². The highest BCUT2D eigenvalue weighted by Crippen LogP contribution is 2.34. The Balaban J connectivity index is 2.80. The molecule has 2 nitrogen and oxygen atoms in total. The third-order valence-corrected chi connectivity index (χ3v) is 3.10. The molecule has 2 aromatic rings. The minimum Gasteiger partial charge on any atom is -0.508 e. The zero-order chi connectivity index (χ0) is 10.3. The first-order valence-corrected chi connectivity index (χ1v) is 5.43. The van der Waals surface area contributed by atoms with Crippen molar-refractivity contribution in [2.45, 2.75) is 26.2 Å². The SMILES string of the molecule is CC(C)(C)c1cc(O)cc2ncsc12. The molecule has 0 atom stereocenters. The van der Waals surface area contributed by atoms with Crippen molar-refractivity contribution in [2.75, 3.05) is 0 Å². The Morgan fingerprint density at radius 3 is 2.64 bits per heavy atom. The first-order chi connectivity index (χ1) is 6.48. The van der Waals surface area contributed by atoms with Crippen LogP contribution < -0.4 is 0 Å². The fraction of sp³-hybridized carbons (Fsp3) is 0.364. The van der Waals surface area contributed by atoms with Crippen LogP contribution in [0.4, 0.5) is 0 Å². The van der Waals surface area contributed by atoms with E-state index in [2.05, 4.69) is 25.8 Å². The molecule has 0 spiro atoms. The number of aromatic nitrogens is 1. The Hall–Kier alpha value is -1.09. The summed E-state index contributed by atoms with van der Waals surface area (Å²) in [5.74, 6) is 0.299. The third-order valence-electron chi connectivity index (χ3n) is 2.22. The molecule has 0 aliphatic carbocycles. The van der Waals surface area contributed by atoms with Gasteiger partial charge in [0.05, 0.1) is 15.7 Å². The van der Waals surface area contributed by atoms with Gasteiger partial charge in [0.1, 0.15) is 5.75 Å². The molecule has 0 saturated heterocycles. The second-order valence-corrected chi connectivity index (χ2v) is 5.30. The van der Waals surface area contributed by atoms with Gasteiger partial charge in [0, 0.05) is 6.07 Å². The number of hydrogen-bond donors (Lipinski definition) is 1. The zero-order valence-corrected chi connectivity index (χ0v) is 9.35. The molecular formula is C11H13NOS. The number of rotatable bonds is 0. The zero-order valence-electron chi connectivity index (χ0n) is 8.53. The Bertz CT molecular complexity index is 468. The predicted octanol–water partition coefficient (Wildman–Crippen LogP) is 3.30. The molecule has 1 aromatic carbocycles. The molecule has 14 heavy (non-hydrogen) atoms. The Morgan fingerprint density at radius 2 is 2.00 bits per heavy atom. The van der Waals surface area contributed by atoms with Gasteiger partial charge in [-0.05, 0) is 17.0 Å². The van der Waals surface area contributed by atoms with Gasteiger partial charge in [0.2, 0.25) is 0 Å². The van der Waals surface area contributed by atoms with E-state index in [1.165, 1.54) is 4.70 Å². The van der Waals surface area contributed by atoms with Crippen molar-refractivity contribution in [1.82, 2.24) is 4.98 Å². The van der Waals surface area contributed by atoms with Crippen molar-refractivity contribution in [2.24, 2.45) is 0 Å². The minimum atomic E-state index is 0.0452. The van der Waals surface area contributed by atoms with Crippen LogP contribution in [0, 0.1) is 0 Å². The molecule has 1 N–H and O–H groups in total. The number of thiazole rings is 1. The van der Waals surface area contributed by atoms with Gasteiger partial charge in [-0.1, -0.05) is 20.8 Å². The van der Waals surface area contributed by atoms with Crippen molar-refractivity contribution >= 4 is 21.6 Å². The Labute approximate surface area is 87.2 Å². The fourth-order valence-electron chi connectivity index (χ4n) is 1.51. The number of phenols is 1. The second kappa shape index (κ2) is 2.95. The Morgan fingerprint density at radius 1 is 1.29 bits per heavy atom. The number of aromatic hydroxyl groups is 1. The topological polar surface area (TPSA) is 33.1 Å². The first-order valence-electron chi connectivity index (χ1n) is 4.55. The average Bonchev–Trinajstić information content (AvgIpc) is 2.47. The van der Waals surface area contributed by atoms with E-state index in [-0.39, 0.29) is 5.41 Å². The minimum absolute atomic E-state index is 0.0452. The monoisotopic (exact) mass is 207 g/mol. The molecular weight excluding hydrogens is 194 g/mol. The molecule has 0 aliphatic heterocycles. The van der Waals surface area contributed by atoms with Crippen LogP contribution in [0.5, 0.6) is 5.75 Å². The van der Waals surface area contributed by atoms with Crippen LogP contribution in [-0.2, 0) is 5.41 Å². The normalized spacial score (nSPS) is 12.2. The van der Waals surface area contributed by atoms with Gasteiger partial charge in [-0.25, -0.2) is 4.98 Å². The summed E-state index contributed by atoms with van der Waals surface area (Å²) in [6.45, 7) is 6.42. The quantitative estimate of drug-likeness (QED) is 0.719. The lowest BCUT2D eigenvalue weighted by Gasteiger charge is -2.19. The second-order valence-electron chi connectivity index (χ2n) is 4.44.